The Morgan fingerprint density at radius 2 is 2.12 bits per heavy atom. The van der Waals surface area contributed by atoms with Crippen LogP contribution in [0.5, 0.6) is 0 Å². The number of nitrogens with two attached hydrogens (primary N) is 1. The molecule has 3 N–H and O–H groups in total. The van der Waals surface area contributed by atoms with Gasteiger partial charge in [-0.3, -0.25) is 0 Å². The number of thioether (sulfide) groups is 1. The molecule has 0 saturated heterocycles. The summed E-state index contributed by atoms with van der Waals surface area (Å²) in [7, 11) is 0. The predicted molar refractivity (Wildman–Crippen MR) is 70.7 cm³/mol. The number of urea groups is 1. The SMILES string of the molecule is C/C(CSc1ccc(Br)cc1)=N\NC(N)=O. The summed E-state index contributed by atoms with van der Waals surface area (Å²) in [6, 6.07) is 7.35. The number of hydrogen-bond acceptors (Lipinski definition) is 3. The van der Waals surface area contributed by atoms with Gasteiger partial charge in [0, 0.05) is 20.8 Å². The minimum Gasteiger partial charge on any atom is -0.350 e. The van der Waals surface area contributed by atoms with Crippen LogP contribution >= 0.6 is 27.7 Å². The van der Waals surface area contributed by atoms with Crippen LogP contribution in [0.25, 0.3) is 0 Å². The van der Waals surface area contributed by atoms with Crippen LogP contribution in [0.4, 0.5) is 4.79 Å². The van der Waals surface area contributed by atoms with Crippen molar-refractivity contribution in [3.63, 3.8) is 0 Å². The Hall–Kier alpha value is -1.01. The van der Waals surface area contributed by atoms with E-state index < -0.39 is 6.03 Å². The maximum atomic E-state index is 10.4. The first-order valence-electron chi connectivity index (χ1n) is 4.55. The highest BCUT2D eigenvalue weighted by Crippen LogP contribution is 2.20. The van der Waals surface area contributed by atoms with Crippen LogP contribution in [0.3, 0.4) is 0 Å². The second-order valence-electron chi connectivity index (χ2n) is 3.07. The Morgan fingerprint density at radius 1 is 1.50 bits per heavy atom. The molecule has 6 heteroatoms. The average Bonchev–Trinajstić information content (AvgIpc) is 2.25. The highest BCUT2D eigenvalue weighted by atomic mass is 79.9. The van der Waals surface area contributed by atoms with Crippen molar-refractivity contribution in [2.75, 3.05) is 5.75 Å². The molecule has 0 heterocycles. The van der Waals surface area contributed by atoms with Crippen molar-refractivity contribution in [1.82, 2.24) is 5.43 Å². The van der Waals surface area contributed by atoms with Gasteiger partial charge in [0.1, 0.15) is 0 Å². The summed E-state index contributed by atoms with van der Waals surface area (Å²) in [5.41, 5.74) is 7.90. The van der Waals surface area contributed by atoms with Crippen LogP contribution in [0.2, 0.25) is 0 Å². The van der Waals surface area contributed by atoms with E-state index in [0.717, 1.165) is 15.1 Å². The van der Waals surface area contributed by atoms with Crippen molar-refractivity contribution in [3.05, 3.63) is 28.7 Å². The van der Waals surface area contributed by atoms with Gasteiger partial charge in [0.25, 0.3) is 0 Å². The highest BCUT2D eigenvalue weighted by Gasteiger charge is 1.97. The number of rotatable bonds is 4. The van der Waals surface area contributed by atoms with Gasteiger partial charge in [0.05, 0.1) is 0 Å². The molecule has 0 aliphatic rings. The molecule has 0 spiro atoms. The lowest BCUT2D eigenvalue weighted by Crippen LogP contribution is -2.25. The minimum absolute atomic E-state index is 0.645. The van der Waals surface area contributed by atoms with Crippen molar-refractivity contribution < 1.29 is 4.79 Å². The van der Waals surface area contributed by atoms with Crippen LogP contribution in [-0.2, 0) is 0 Å². The van der Waals surface area contributed by atoms with Crippen LogP contribution < -0.4 is 11.2 Å². The first kappa shape index (κ1) is 13.1. The fourth-order valence-corrected chi connectivity index (χ4v) is 1.93. The van der Waals surface area contributed by atoms with E-state index in [9.17, 15) is 4.79 Å². The Kier molecular flexibility index (Phi) is 5.34. The number of primary amides is 1. The Bertz CT molecular complexity index is 392. The molecule has 0 aliphatic carbocycles. The number of nitrogens with zero attached hydrogens (tertiary/aromatic N) is 1. The molecule has 1 rings (SSSR count). The van der Waals surface area contributed by atoms with E-state index in [2.05, 4.69) is 26.5 Å². The first-order valence-corrected chi connectivity index (χ1v) is 6.33. The highest BCUT2D eigenvalue weighted by molar-refractivity contribution is 9.10. The molecule has 0 radical (unpaired) electrons. The van der Waals surface area contributed by atoms with Crippen LogP contribution in [0, 0.1) is 0 Å². The largest absolute Gasteiger partial charge is 0.350 e. The number of carbonyl (C=O) groups is 1. The topological polar surface area (TPSA) is 67.5 Å². The third-order valence-corrected chi connectivity index (χ3v) is 3.31. The summed E-state index contributed by atoms with van der Waals surface area (Å²) in [5.74, 6) is 0.710. The second-order valence-corrected chi connectivity index (χ2v) is 5.03. The maximum Gasteiger partial charge on any atom is 0.332 e. The number of benzene rings is 1. The van der Waals surface area contributed by atoms with E-state index in [-0.39, 0.29) is 0 Å². The third kappa shape index (κ3) is 5.18. The number of hydrogen-bond donors (Lipinski definition) is 2. The van der Waals surface area contributed by atoms with Gasteiger partial charge < -0.3 is 5.73 Å². The zero-order chi connectivity index (χ0) is 12.0. The van der Waals surface area contributed by atoms with Crippen LogP contribution in [-0.4, -0.2) is 17.5 Å². The van der Waals surface area contributed by atoms with Gasteiger partial charge in [-0.2, -0.15) is 5.10 Å². The van der Waals surface area contributed by atoms with E-state index in [1.165, 1.54) is 0 Å². The second kappa shape index (κ2) is 6.55. The van der Waals surface area contributed by atoms with Crippen molar-refractivity contribution in [2.24, 2.45) is 10.8 Å². The number of hydrazone groups is 1. The van der Waals surface area contributed by atoms with Gasteiger partial charge in [-0.05, 0) is 31.2 Å². The van der Waals surface area contributed by atoms with E-state index in [0.29, 0.717) is 5.75 Å². The van der Waals surface area contributed by atoms with Gasteiger partial charge in [0.15, 0.2) is 0 Å². The molecule has 0 fully saturated rings. The van der Waals surface area contributed by atoms with Gasteiger partial charge in [0.2, 0.25) is 0 Å². The summed E-state index contributed by atoms with van der Waals surface area (Å²) in [4.78, 5) is 11.6. The average molecular weight is 302 g/mol. The van der Waals surface area contributed by atoms with E-state index >= 15 is 0 Å². The van der Waals surface area contributed by atoms with E-state index in [1.807, 2.05) is 31.2 Å². The molecule has 0 unspecified atom stereocenters. The molecule has 1 aromatic carbocycles. The molecular weight excluding hydrogens is 290 g/mol. The Labute approximate surface area is 107 Å². The molecule has 1 aromatic rings. The number of carbonyl (C=O) groups excluding carboxylic acids is 1. The number of nitrogens with one attached hydrogen (secondary N) is 1. The van der Waals surface area contributed by atoms with Gasteiger partial charge in [-0.25, -0.2) is 10.2 Å². The lowest BCUT2D eigenvalue weighted by Gasteiger charge is -2.01. The number of amides is 2. The number of halogens is 1. The van der Waals surface area contributed by atoms with Crippen molar-refractivity contribution in [3.8, 4) is 0 Å². The van der Waals surface area contributed by atoms with Gasteiger partial charge in [-0.15, -0.1) is 11.8 Å². The third-order valence-electron chi connectivity index (χ3n) is 1.62. The fraction of sp³-hybridized carbons (Fsp3) is 0.200. The maximum absolute atomic E-state index is 10.4. The van der Waals surface area contributed by atoms with Crippen molar-refractivity contribution in [1.29, 1.82) is 0 Å². The van der Waals surface area contributed by atoms with Crippen LogP contribution in [0.15, 0.2) is 38.7 Å². The Balaban J connectivity index is 2.42. The molecule has 0 aromatic heterocycles. The zero-order valence-electron chi connectivity index (χ0n) is 8.74. The summed E-state index contributed by atoms with van der Waals surface area (Å²) < 4.78 is 1.05. The van der Waals surface area contributed by atoms with E-state index in [1.54, 1.807) is 11.8 Å². The summed E-state index contributed by atoms with van der Waals surface area (Å²) >= 11 is 5.02. The van der Waals surface area contributed by atoms with Crippen molar-refractivity contribution in [2.45, 2.75) is 11.8 Å². The minimum atomic E-state index is -0.645. The smallest absolute Gasteiger partial charge is 0.332 e. The lowest BCUT2D eigenvalue weighted by atomic mass is 10.4. The van der Waals surface area contributed by atoms with Crippen LogP contribution in [0.1, 0.15) is 6.92 Å². The molecule has 0 bridgehead atoms. The van der Waals surface area contributed by atoms with E-state index in [4.69, 9.17) is 5.73 Å². The zero-order valence-corrected chi connectivity index (χ0v) is 11.1. The molecule has 0 atom stereocenters. The first-order chi connectivity index (χ1) is 7.58. The molecular formula is C10H12BrN3OS. The molecule has 86 valence electrons. The normalized spacial score (nSPS) is 11.2. The fourth-order valence-electron chi connectivity index (χ4n) is 0.901. The van der Waals surface area contributed by atoms with Gasteiger partial charge in [-0.1, -0.05) is 15.9 Å². The quantitative estimate of drug-likeness (QED) is 0.510. The predicted octanol–water partition coefficient (Wildman–Crippen LogP) is 2.59. The van der Waals surface area contributed by atoms with Crippen molar-refractivity contribution >= 4 is 39.4 Å². The monoisotopic (exact) mass is 301 g/mol. The standard InChI is InChI=1S/C10H12BrN3OS/c1-7(13-14-10(12)15)6-16-9-4-2-8(11)3-5-9/h2-5H,6H2,1H3,(H3,12,14,15)/b13-7+. The summed E-state index contributed by atoms with van der Waals surface area (Å²) in [5, 5.41) is 3.82. The molecule has 0 aliphatic heterocycles. The summed E-state index contributed by atoms with van der Waals surface area (Å²) in [6.07, 6.45) is 0. The molecule has 4 nitrogen and oxygen atoms in total. The lowest BCUT2D eigenvalue weighted by molar-refractivity contribution is 0.249. The molecule has 16 heavy (non-hydrogen) atoms. The van der Waals surface area contributed by atoms with Gasteiger partial charge >= 0.3 is 6.03 Å². The summed E-state index contributed by atoms with van der Waals surface area (Å²) in [6.45, 7) is 1.84. The Morgan fingerprint density at radius 3 is 2.69 bits per heavy atom. The molecule has 0 saturated carbocycles. The molecule has 2 amide bonds.